The van der Waals surface area contributed by atoms with Crippen LogP contribution in [0.1, 0.15) is 26.7 Å². The maximum Gasteiger partial charge on any atom is 0.326 e. The highest BCUT2D eigenvalue weighted by molar-refractivity contribution is 7.81. The summed E-state index contributed by atoms with van der Waals surface area (Å²) in [6.45, 7) is 3.32. The fourth-order valence-electron chi connectivity index (χ4n) is 1.10. The Morgan fingerprint density at radius 3 is 2.11 bits per heavy atom. The first-order valence-corrected chi connectivity index (χ1v) is 5.73. The predicted octanol–water partition coefficient (Wildman–Crippen LogP) is -0.544. The van der Waals surface area contributed by atoms with E-state index in [2.05, 4.69) is 17.9 Å². The van der Waals surface area contributed by atoms with Crippen molar-refractivity contribution in [1.29, 1.82) is 0 Å². The second-order valence-corrected chi connectivity index (χ2v) is 5.62. The monoisotopic (exact) mass is 278 g/mol. The number of carboxylic acids is 2. The summed E-state index contributed by atoms with van der Waals surface area (Å²) in [5, 5.41) is 19.0. The van der Waals surface area contributed by atoms with Gasteiger partial charge in [0.1, 0.15) is 12.1 Å². The van der Waals surface area contributed by atoms with Gasteiger partial charge in [-0.15, -0.1) is 0 Å². The average Bonchev–Trinajstić information content (AvgIpc) is 2.63. The van der Waals surface area contributed by atoms with Crippen LogP contribution < -0.4 is 11.1 Å². The molecule has 0 unspecified atom stereocenters. The maximum atomic E-state index is 10.4. The first kappa shape index (κ1) is 16.7. The van der Waals surface area contributed by atoms with Gasteiger partial charge in [-0.1, -0.05) is 0 Å². The Morgan fingerprint density at radius 2 is 2.00 bits per heavy atom. The number of carbonyl (C=O) groups is 3. The summed E-state index contributed by atoms with van der Waals surface area (Å²) in [6, 6.07) is -1.54. The van der Waals surface area contributed by atoms with Gasteiger partial charge in [0, 0.05) is 11.2 Å². The van der Waals surface area contributed by atoms with E-state index >= 15 is 0 Å². The van der Waals surface area contributed by atoms with Crippen molar-refractivity contribution in [2.45, 2.75) is 43.5 Å². The molecule has 0 aromatic rings. The predicted molar refractivity (Wildman–Crippen MR) is 67.5 cm³/mol. The van der Waals surface area contributed by atoms with Gasteiger partial charge in [0.05, 0.1) is 0 Å². The number of aliphatic carboxylic acids is 2. The Labute approximate surface area is 110 Å². The van der Waals surface area contributed by atoms with Crippen LogP contribution in [0.2, 0.25) is 0 Å². The lowest BCUT2D eigenvalue weighted by Crippen LogP contribution is -2.45. The van der Waals surface area contributed by atoms with Crippen LogP contribution >= 0.6 is 12.6 Å². The van der Waals surface area contributed by atoms with E-state index in [1.807, 2.05) is 0 Å². The lowest BCUT2D eigenvalue weighted by molar-refractivity contribution is -0.140. The van der Waals surface area contributed by atoms with Crippen molar-refractivity contribution in [2.24, 2.45) is 5.73 Å². The molecular weight excluding hydrogens is 260 g/mol. The zero-order valence-electron chi connectivity index (χ0n) is 10.2. The van der Waals surface area contributed by atoms with Gasteiger partial charge in [-0.25, -0.2) is 4.79 Å². The summed E-state index contributed by atoms with van der Waals surface area (Å²) in [5.41, 5.74) is 5.22. The second-order valence-electron chi connectivity index (χ2n) is 4.47. The minimum Gasteiger partial charge on any atom is -0.480 e. The van der Waals surface area contributed by atoms with Gasteiger partial charge in [0.25, 0.3) is 0 Å². The lowest BCUT2D eigenvalue weighted by atomic mass is 10.1. The number of carbonyl (C=O) groups excluding carboxylic acids is 1. The molecule has 1 aliphatic rings. The van der Waals surface area contributed by atoms with Crippen LogP contribution in [-0.2, 0) is 14.4 Å². The molecule has 104 valence electrons. The van der Waals surface area contributed by atoms with Gasteiger partial charge in [-0.05, 0) is 20.3 Å². The fourth-order valence-corrected chi connectivity index (χ4v) is 1.21. The molecule has 8 heteroatoms. The Kier molecular flexibility index (Phi) is 6.13. The Balaban J connectivity index is 0.000000321. The number of nitrogens with two attached hydrogens (primary N) is 1. The molecule has 0 aliphatic carbocycles. The molecule has 5 N–H and O–H groups in total. The molecule has 0 aromatic carbocycles. The molecule has 0 radical (unpaired) electrons. The minimum atomic E-state index is -1.02. The van der Waals surface area contributed by atoms with E-state index in [-0.39, 0.29) is 5.91 Å². The Morgan fingerprint density at radius 1 is 1.50 bits per heavy atom. The molecule has 1 rings (SSSR count). The van der Waals surface area contributed by atoms with E-state index < -0.39 is 28.8 Å². The molecule has 18 heavy (non-hydrogen) atoms. The normalized spacial score (nSPS) is 20.4. The average molecular weight is 278 g/mol. The Bertz CT molecular complexity index is 340. The van der Waals surface area contributed by atoms with Crippen molar-refractivity contribution in [3.63, 3.8) is 0 Å². The van der Waals surface area contributed by atoms with E-state index in [4.69, 9.17) is 15.9 Å². The van der Waals surface area contributed by atoms with Crippen LogP contribution in [0.3, 0.4) is 0 Å². The van der Waals surface area contributed by atoms with E-state index in [0.717, 1.165) is 0 Å². The molecule has 0 saturated carbocycles. The molecule has 1 aliphatic heterocycles. The van der Waals surface area contributed by atoms with Gasteiger partial charge in [0.15, 0.2) is 0 Å². The van der Waals surface area contributed by atoms with Gasteiger partial charge < -0.3 is 21.3 Å². The standard InChI is InChI=1S/C5H7NO3.C5H11NO2S/c7-4-2-1-3(6-4)5(8)9;1-5(2,9)3(6)4(7)8/h3H,1-2H2,(H,6,7)(H,8,9);3,9H,6H2,1-2H3,(H,7,8)/t2*3-/m01/s1. The van der Waals surface area contributed by atoms with E-state index in [0.29, 0.717) is 12.8 Å². The molecule has 1 amide bonds. The van der Waals surface area contributed by atoms with E-state index in [1.165, 1.54) is 0 Å². The molecule has 1 fully saturated rings. The summed E-state index contributed by atoms with van der Waals surface area (Å²) >= 11 is 3.98. The molecule has 1 saturated heterocycles. The zero-order chi connectivity index (χ0) is 14.5. The minimum absolute atomic E-state index is 0.164. The van der Waals surface area contributed by atoms with Crippen LogP contribution in [0, 0.1) is 0 Å². The van der Waals surface area contributed by atoms with E-state index in [9.17, 15) is 14.4 Å². The molecule has 7 nitrogen and oxygen atoms in total. The number of carboxylic acid groups (broad SMARTS) is 2. The van der Waals surface area contributed by atoms with Gasteiger partial charge in [-0.3, -0.25) is 9.59 Å². The molecule has 0 aromatic heterocycles. The smallest absolute Gasteiger partial charge is 0.326 e. The number of thiol groups is 1. The Hall–Kier alpha value is -1.28. The quantitative estimate of drug-likeness (QED) is 0.441. The lowest BCUT2D eigenvalue weighted by Gasteiger charge is -2.21. The topological polar surface area (TPSA) is 130 Å². The number of nitrogens with one attached hydrogen (secondary N) is 1. The number of hydrogen-bond donors (Lipinski definition) is 5. The van der Waals surface area contributed by atoms with Crippen molar-refractivity contribution in [3.8, 4) is 0 Å². The number of rotatable bonds is 3. The van der Waals surface area contributed by atoms with E-state index in [1.54, 1.807) is 13.8 Å². The highest BCUT2D eigenvalue weighted by Crippen LogP contribution is 2.15. The van der Waals surface area contributed by atoms with Crippen molar-refractivity contribution in [2.75, 3.05) is 0 Å². The van der Waals surface area contributed by atoms with Crippen molar-refractivity contribution in [3.05, 3.63) is 0 Å². The molecular formula is C10H18N2O5S. The highest BCUT2D eigenvalue weighted by Gasteiger charge is 2.27. The van der Waals surface area contributed by atoms with Gasteiger partial charge in [0.2, 0.25) is 5.91 Å². The van der Waals surface area contributed by atoms with Crippen LogP contribution in [0.15, 0.2) is 0 Å². The van der Waals surface area contributed by atoms with Crippen molar-refractivity contribution >= 4 is 30.5 Å². The number of hydrogen-bond acceptors (Lipinski definition) is 5. The summed E-state index contributed by atoms with van der Waals surface area (Å²) in [7, 11) is 0. The third kappa shape index (κ3) is 5.87. The van der Waals surface area contributed by atoms with Crippen LogP contribution in [0.5, 0.6) is 0 Å². The van der Waals surface area contributed by atoms with Crippen LogP contribution in [0.4, 0.5) is 0 Å². The van der Waals surface area contributed by atoms with Gasteiger partial charge in [-0.2, -0.15) is 12.6 Å². The van der Waals surface area contributed by atoms with Crippen molar-refractivity contribution < 1.29 is 24.6 Å². The molecule has 2 atom stereocenters. The molecule has 0 bridgehead atoms. The first-order valence-electron chi connectivity index (χ1n) is 5.28. The third-order valence-electron chi connectivity index (χ3n) is 2.32. The zero-order valence-corrected chi connectivity index (χ0v) is 11.1. The summed E-state index contributed by atoms with van der Waals surface area (Å²) in [6.07, 6.45) is 0.769. The van der Waals surface area contributed by atoms with Gasteiger partial charge >= 0.3 is 11.9 Å². The molecule has 0 spiro atoms. The highest BCUT2D eigenvalue weighted by atomic mass is 32.1. The van der Waals surface area contributed by atoms with Crippen LogP contribution in [0.25, 0.3) is 0 Å². The first-order chi connectivity index (χ1) is 8.05. The largest absolute Gasteiger partial charge is 0.480 e. The summed E-state index contributed by atoms with van der Waals surface area (Å²) in [4.78, 5) is 30.7. The summed E-state index contributed by atoms with van der Waals surface area (Å²) < 4.78 is -0.647. The third-order valence-corrected chi connectivity index (χ3v) is 2.60. The fraction of sp³-hybridized carbons (Fsp3) is 0.700. The number of amides is 1. The second kappa shape index (κ2) is 6.60. The van der Waals surface area contributed by atoms with Crippen molar-refractivity contribution in [1.82, 2.24) is 5.32 Å². The maximum absolute atomic E-state index is 10.4. The summed E-state index contributed by atoms with van der Waals surface area (Å²) in [5.74, 6) is -2.13. The molecule has 1 heterocycles. The SMILES string of the molecule is CC(C)(S)[C@H](N)C(=O)O.O=C1CC[C@@H](C(=O)O)N1. The van der Waals surface area contributed by atoms with Crippen LogP contribution in [-0.4, -0.2) is 44.9 Å².